The molecule has 1 aliphatic heterocycles. The first kappa shape index (κ1) is 9.73. The van der Waals surface area contributed by atoms with Gasteiger partial charge in [-0.05, 0) is 31.2 Å². The number of hydrogen-bond acceptors (Lipinski definition) is 3. The highest BCUT2D eigenvalue weighted by Crippen LogP contribution is 2.45. The number of para-hydroxylation sites is 1. The molecule has 1 aliphatic rings. The van der Waals surface area contributed by atoms with Crippen molar-refractivity contribution in [2.24, 2.45) is 0 Å². The highest BCUT2D eigenvalue weighted by Gasteiger charge is 2.23. The number of benzene rings is 1. The molecule has 0 saturated heterocycles. The molecule has 2 heterocycles. The quantitative estimate of drug-likeness (QED) is 0.807. The van der Waals surface area contributed by atoms with Crippen molar-refractivity contribution in [3.05, 3.63) is 53.9 Å². The number of fused-ring (bicyclic) bond motifs is 1. The molecule has 2 aromatic rings. The van der Waals surface area contributed by atoms with Gasteiger partial charge in [-0.1, -0.05) is 30.0 Å². The standard InChI is InChI=1S/C13H12N2S/c1-9-5-4-7-11(14-9)13-15-10-6-2-3-8-12(10)16-13/h2-8,13,15H,1H3/t13-/m1/s1. The molecule has 0 amide bonds. The lowest BCUT2D eigenvalue weighted by atomic mass is 10.3. The van der Waals surface area contributed by atoms with Crippen LogP contribution < -0.4 is 5.32 Å². The summed E-state index contributed by atoms with van der Waals surface area (Å²) in [5.41, 5.74) is 3.37. The fourth-order valence-electron chi connectivity index (χ4n) is 1.83. The molecule has 0 bridgehead atoms. The molecule has 0 saturated carbocycles. The number of anilines is 1. The average Bonchev–Trinajstić information content (AvgIpc) is 2.72. The van der Waals surface area contributed by atoms with Crippen molar-refractivity contribution in [1.29, 1.82) is 0 Å². The van der Waals surface area contributed by atoms with Crippen molar-refractivity contribution in [3.8, 4) is 0 Å². The van der Waals surface area contributed by atoms with E-state index in [1.807, 2.05) is 24.8 Å². The minimum atomic E-state index is 0.248. The molecule has 1 aromatic carbocycles. The van der Waals surface area contributed by atoms with Crippen molar-refractivity contribution in [1.82, 2.24) is 4.98 Å². The maximum absolute atomic E-state index is 4.55. The third-order valence-corrected chi connectivity index (χ3v) is 3.80. The van der Waals surface area contributed by atoms with Gasteiger partial charge in [0, 0.05) is 16.3 Å². The van der Waals surface area contributed by atoms with Crippen molar-refractivity contribution >= 4 is 17.4 Å². The zero-order chi connectivity index (χ0) is 11.0. The van der Waals surface area contributed by atoms with Crippen molar-refractivity contribution in [2.75, 3.05) is 5.32 Å². The second-order valence-corrected chi connectivity index (χ2v) is 4.99. The molecule has 80 valence electrons. The van der Waals surface area contributed by atoms with E-state index in [1.165, 1.54) is 10.6 Å². The Kier molecular flexibility index (Phi) is 2.33. The molecule has 0 aliphatic carbocycles. The van der Waals surface area contributed by atoms with Crippen LogP contribution in [0.1, 0.15) is 16.8 Å². The molecule has 0 radical (unpaired) electrons. The second-order valence-electron chi connectivity index (χ2n) is 3.84. The van der Waals surface area contributed by atoms with Gasteiger partial charge in [-0.2, -0.15) is 0 Å². The Morgan fingerprint density at radius 3 is 2.81 bits per heavy atom. The van der Waals surface area contributed by atoms with Crippen molar-refractivity contribution < 1.29 is 0 Å². The molecule has 0 spiro atoms. The van der Waals surface area contributed by atoms with Crippen LogP contribution in [0, 0.1) is 6.92 Å². The lowest BCUT2D eigenvalue weighted by Gasteiger charge is -2.09. The van der Waals surface area contributed by atoms with Gasteiger partial charge in [0.25, 0.3) is 0 Å². The molecular formula is C13H12N2S. The topological polar surface area (TPSA) is 24.9 Å². The number of aryl methyl sites for hydroxylation is 1. The van der Waals surface area contributed by atoms with Crippen LogP contribution in [0.5, 0.6) is 0 Å². The van der Waals surface area contributed by atoms with Gasteiger partial charge in [0.1, 0.15) is 5.37 Å². The summed E-state index contributed by atoms with van der Waals surface area (Å²) in [6, 6.07) is 14.5. The summed E-state index contributed by atoms with van der Waals surface area (Å²) in [7, 11) is 0. The summed E-state index contributed by atoms with van der Waals surface area (Å²) >= 11 is 1.82. The lowest BCUT2D eigenvalue weighted by Crippen LogP contribution is -2.03. The number of thioether (sulfide) groups is 1. The minimum Gasteiger partial charge on any atom is -0.367 e. The summed E-state index contributed by atoms with van der Waals surface area (Å²) < 4.78 is 0. The van der Waals surface area contributed by atoms with Gasteiger partial charge in [-0.15, -0.1) is 0 Å². The molecule has 2 nitrogen and oxygen atoms in total. The number of hydrogen-bond donors (Lipinski definition) is 1. The Hall–Kier alpha value is -1.48. The number of aromatic nitrogens is 1. The summed E-state index contributed by atoms with van der Waals surface area (Å²) in [6.45, 7) is 2.02. The number of nitrogens with zero attached hydrogens (tertiary/aromatic N) is 1. The van der Waals surface area contributed by atoms with E-state index >= 15 is 0 Å². The molecule has 16 heavy (non-hydrogen) atoms. The van der Waals surface area contributed by atoms with Gasteiger partial charge in [0.05, 0.1) is 5.69 Å². The predicted molar refractivity (Wildman–Crippen MR) is 67.6 cm³/mol. The molecule has 3 heteroatoms. The number of nitrogens with one attached hydrogen (secondary N) is 1. The molecule has 1 aromatic heterocycles. The summed E-state index contributed by atoms with van der Waals surface area (Å²) in [5.74, 6) is 0. The van der Waals surface area contributed by atoms with Crippen LogP contribution in [0.4, 0.5) is 5.69 Å². The van der Waals surface area contributed by atoms with Crippen LogP contribution in [0.25, 0.3) is 0 Å². The van der Waals surface area contributed by atoms with Gasteiger partial charge in [0.2, 0.25) is 0 Å². The van der Waals surface area contributed by atoms with Gasteiger partial charge >= 0.3 is 0 Å². The van der Waals surface area contributed by atoms with E-state index in [9.17, 15) is 0 Å². The Morgan fingerprint density at radius 1 is 1.12 bits per heavy atom. The average molecular weight is 228 g/mol. The van der Waals surface area contributed by atoms with Crippen molar-refractivity contribution in [2.45, 2.75) is 17.2 Å². The van der Waals surface area contributed by atoms with Crippen LogP contribution >= 0.6 is 11.8 Å². The first-order valence-electron chi connectivity index (χ1n) is 5.29. The maximum Gasteiger partial charge on any atom is 0.120 e. The van der Waals surface area contributed by atoms with Crippen LogP contribution in [-0.4, -0.2) is 4.98 Å². The number of rotatable bonds is 1. The van der Waals surface area contributed by atoms with Crippen LogP contribution in [-0.2, 0) is 0 Å². The molecule has 0 fully saturated rings. The highest BCUT2D eigenvalue weighted by molar-refractivity contribution is 8.00. The van der Waals surface area contributed by atoms with Crippen LogP contribution in [0.2, 0.25) is 0 Å². The van der Waals surface area contributed by atoms with E-state index in [-0.39, 0.29) is 5.37 Å². The Morgan fingerprint density at radius 2 is 2.00 bits per heavy atom. The molecule has 3 rings (SSSR count). The van der Waals surface area contributed by atoms with E-state index in [0.29, 0.717) is 0 Å². The van der Waals surface area contributed by atoms with Crippen LogP contribution in [0.15, 0.2) is 47.4 Å². The normalized spacial score (nSPS) is 17.9. The first-order valence-corrected chi connectivity index (χ1v) is 6.17. The summed E-state index contributed by atoms with van der Waals surface area (Å²) in [5, 5.41) is 3.73. The van der Waals surface area contributed by atoms with E-state index in [1.54, 1.807) is 0 Å². The zero-order valence-corrected chi connectivity index (χ0v) is 9.79. The molecule has 1 atom stereocenters. The van der Waals surface area contributed by atoms with E-state index in [4.69, 9.17) is 0 Å². The predicted octanol–water partition coefficient (Wildman–Crippen LogP) is 3.61. The SMILES string of the molecule is Cc1cccc([C@@H]2Nc3ccccc3S2)n1. The minimum absolute atomic E-state index is 0.248. The van der Waals surface area contributed by atoms with E-state index in [2.05, 4.69) is 46.7 Å². The Bertz CT molecular complexity index is 500. The second kappa shape index (κ2) is 3.83. The fraction of sp³-hybridized carbons (Fsp3) is 0.154. The molecular weight excluding hydrogens is 216 g/mol. The smallest absolute Gasteiger partial charge is 0.120 e. The molecule has 0 unspecified atom stereocenters. The summed E-state index contributed by atoms with van der Waals surface area (Å²) in [6.07, 6.45) is 0. The first-order chi connectivity index (χ1) is 7.83. The third kappa shape index (κ3) is 1.67. The zero-order valence-electron chi connectivity index (χ0n) is 8.97. The highest BCUT2D eigenvalue weighted by atomic mass is 32.2. The van der Waals surface area contributed by atoms with Gasteiger partial charge < -0.3 is 5.32 Å². The van der Waals surface area contributed by atoms with E-state index in [0.717, 1.165) is 11.4 Å². The van der Waals surface area contributed by atoms with Crippen LogP contribution in [0.3, 0.4) is 0 Å². The fourth-order valence-corrected chi connectivity index (χ4v) is 2.93. The lowest BCUT2D eigenvalue weighted by molar-refractivity contribution is 1.00. The third-order valence-electron chi connectivity index (χ3n) is 2.60. The van der Waals surface area contributed by atoms with Gasteiger partial charge in [-0.3, -0.25) is 4.98 Å². The maximum atomic E-state index is 4.55. The van der Waals surface area contributed by atoms with Gasteiger partial charge in [0.15, 0.2) is 0 Å². The van der Waals surface area contributed by atoms with Gasteiger partial charge in [-0.25, -0.2) is 0 Å². The largest absolute Gasteiger partial charge is 0.367 e. The van der Waals surface area contributed by atoms with E-state index < -0.39 is 0 Å². The summed E-state index contributed by atoms with van der Waals surface area (Å²) in [4.78, 5) is 5.86. The monoisotopic (exact) mass is 228 g/mol. The van der Waals surface area contributed by atoms with Crippen molar-refractivity contribution in [3.63, 3.8) is 0 Å². The molecule has 1 N–H and O–H groups in total. The Labute approximate surface area is 99.1 Å². The number of pyridine rings is 1. The Balaban J connectivity index is 1.91.